The van der Waals surface area contributed by atoms with Crippen LogP contribution < -0.4 is 9.80 Å². The molecule has 0 atom stereocenters. The second-order valence-electron chi connectivity index (χ2n) is 6.51. The Morgan fingerprint density at radius 1 is 0.559 bits per heavy atom. The highest BCUT2D eigenvalue weighted by molar-refractivity contribution is 6.06. The van der Waals surface area contributed by atoms with Crippen molar-refractivity contribution in [3.05, 3.63) is 24.3 Å². The molecule has 34 heavy (non-hydrogen) atoms. The summed E-state index contributed by atoms with van der Waals surface area (Å²) in [6.45, 7) is 0. The largest absolute Gasteiger partial charge is 0.460 e. The number of benzene rings is 1. The maximum absolute atomic E-state index is 13.7. The smallest absolute Gasteiger partial charge is 0.308 e. The van der Waals surface area contributed by atoms with Gasteiger partial charge in [0.05, 0.1) is 11.4 Å². The Hall–Kier alpha value is -2.82. The van der Waals surface area contributed by atoms with Crippen LogP contribution in [0.4, 0.5) is 72.8 Å². The molecule has 0 saturated heterocycles. The minimum absolute atomic E-state index is 0.127. The van der Waals surface area contributed by atoms with Gasteiger partial charge in [0.2, 0.25) is 0 Å². The van der Waals surface area contributed by atoms with E-state index in [2.05, 4.69) is 0 Å². The van der Waals surface area contributed by atoms with Crippen molar-refractivity contribution in [2.24, 2.45) is 0 Å². The number of alkyl halides is 14. The molecule has 0 fully saturated rings. The molecule has 0 bridgehead atoms. The quantitative estimate of drug-likeness (QED) is 0.472. The minimum atomic E-state index is -6.94. The van der Waals surface area contributed by atoms with E-state index >= 15 is 0 Å². The average molecular weight is 528 g/mol. The van der Waals surface area contributed by atoms with E-state index < -0.39 is 69.0 Å². The molecule has 1 aromatic rings. The monoisotopic (exact) mass is 528 g/mol. The highest BCUT2D eigenvalue weighted by atomic mass is 19.4. The lowest BCUT2D eigenvalue weighted by atomic mass is 10.1. The molecule has 0 aliphatic rings. The van der Waals surface area contributed by atoms with Gasteiger partial charge in [0, 0.05) is 14.1 Å². The first-order valence-electron chi connectivity index (χ1n) is 8.17. The van der Waals surface area contributed by atoms with E-state index in [0.29, 0.717) is 12.1 Å². The molecule has 0 N–H and O–H groups in total. The summed E-state index contributed by atoms with van der Waals surface area (Å²) in [6, 6.07) is 2.34. The molecule has 0 aromatic heterocycles. The number of carbonyl (C=O) groups excluding carboxylic acids is 2. The third-order valence-corrected chi connectivity index (χ3v) is 4.25. The predicted octanol–water partition coefficient (Wildman–Crippen LogP) is 5.28. The Morgan fingerprint density at radius 2 is 0.794 bits per heavy atom. The Balaban J connectivity index is 3.51. The molecule has 0 aliphatic carbocycles. The van der Waals surface area contributed by atoms with Crippen molar-refractivity contribution in [1.82, 2.24) is 0 Å². The summed E-state index contributed by atoms with van der Waals surface area (Å²) in [5.41, 5.74) is -2.60. The molecule has 0 spiro atoms. The number of rotatable bonds is 6. The summed E-state index contributed by atoms with van der Waals surface area (Å²) in [5.74, 6) is -33.4. The van der Waals surface area contributed by atoms with Crippen LogP contribution in [0, 0.1) is 0 Å². The summed E-state index contributed by atoms with van der Waals surface area (Å²) in [4.78, 5) is 22.2. The molecular formula is C16H10F14N2O2. The molecular weight excluding hydrogens is 518 g/mol. The topological polar surface area (TPSA) is 40.6 Å². The Labute approximate surface area is 179 Å². The molecule has 194 valence electrons. The van der Waals surface area contributed by atoms with Gasteiger partial charge in [0.25, 0.3) is 0 Å². The fourth-order valence-electron chi connectivity index (χ4n) is 2.30. The summed E-state index contributed by atoms with van der Waals surface area (Å²) >= 11 is 0. The lowest BCUT2D eigenvalue weighted by molar-refractivity contribution is -0.343. The Kier molecular flexibility index (Phi) is 7.25. The van der Waals surface area contributed by atoms with Gasteiger partial charge in [-0.15, -0.1) is 0 Å². The van der Waals surface area contributed by atoms with Crippen LogP contribution in [0.25, 0.3) is 0 Å². The van der Waals surface area contributed by atoms with E-state index in [9.17, 15) is 71.1 Å². The van der Waals surface area contributed by atoms with Crippen LogP contribution in [0.2, 0.25) is 0 Å². The second-order valence-corrected chi connectivity index (χ2v) is 6.51. The van der Waals surface area contributed by atoms with Crippen molar-refractivity contribution in [3.63, 3.8) is 0 Å². The highest BCUT2D eigenvalue weighted by Gasteiger charge is 2.78. The van der Waals surface area contributed by atoms with Crippen LogP contribution in [0.15, 0.2) is 24.3 Å². The first kappa shape index (κ1) is 29.2. The number of nitrogens with zero attached hydrogens (tertiary/aromatic N) is 2. The molecule has 0 aliphatic heterocycles. The number of carbonyl (C=O) groups is 2. The standard InChI is InChI=1S/C16H10F14N2O2/c1-31(9(33)11(17,18)13(21,22)15(25,26)27)7-5-3-4-6-8(7)32(2)10(34)12(19,20)14(23,24)16(28,29)30/h3-6H,1-2H3. The molecule has 0 radical (unpaired) electrons. The van der Waals surface area contributed by atoms with E-state index in [-0.39, 0.29) is 14.1 Å². The first-order chi connectivity index (χ1) is 14.9. The van der Waals surface area contributed by atoms with E-state index in [4.69, 9.17) is 0 Å². The van der Waals surface area contributed by atoms with Gasteiger partial charge in [-0.3, -0.25) is 9.59 Å². The van der Waals surface area contributed by atoms with E-state index in [1.165, 1.54) is 0 Å². The van der Waals surface area contributed by atoms with Crippen molar-refractivity contribution in [1.29, 1.82) is 0 Å². The fraction of sp³-hybridized carbons (Fsp3) is 0.500. The summed E-state index contributed by atoms with van der Waals surface area (Å²) in [6.07, 6.45) is -13.9. The zero-order chi connectivity index (χ0) is 27.3. The molecule has 18 heteroatoms. The van der Waals surface area contributed by atoms with Gasteiger partial charge in [-0.2, -0.15) is 61.5 Å². The Morgan fingerprint density at radius 3 is 1.00 bits per heavy atom. The van der Waals surface area contributed by atoms with Crippen molar-refractivity contribution >= 4 is 23.2 Å². The van der Waals surface area contributed by atoms with Gasteiger partial charge in [0.15, 0.2) is 0 Å². The third kappa shape index (κ3) is 4.45. The van der Waals surface area contributed by atoms with Crippen LogP contribution >= 0.6 is 0 Å². The zero-order valence-electron chi connectivity index (χ0n) is 16.3. The zero-order valence-corrected chi connectivity index (χ0v) is 16.3. The molecule has 4 nitrogen and oxygen atoms in total. The predicted molar refractivity (Wildman–Crippen MR) is 85.2 cm³/mol. The van der Waals surface area contributed by atoms with E-state index in [0.717, 1.165) is 12.1 Å². The van der Waals surface area contributed by atoms with Crippen LogP contribution in [0.3, 0.4) is 0 Å². The summed E-state index contributed by atoms with van der Waals surface area (Å²) < 4.78 is 181. The minimum Gasteiger partial charge on any atom is -0.308 e. The first-order valence-corrected chi connectivity index (χ1v) is 8.17. The van der Waals surface area contributed by atoms with Gasteiger partial charge in [0.1, 0.15) is 0 Å². The van der Waals surface area contributed by atoms with Crippen LogP contribution in [0.5, 0.6) is 0 Å². The van der Waals surface area contributed by atoms with Gasteiger partial charge >= 0.3 is 47.9 Å². The second kappa shape index (κ2) is 8.44. The maximum atomic E-state index is 13.7. The third-order valence-electron chi connectivity index (χ3n) is 4.25. The normalized spacial score (nSPS) is 14.1. The van der Waals surface area contributed by atoms with Crippen molar-refractivity contribution in [3.8, 4) is 0 Å². The molecule has 0 saturated carbocycles. The molecule has 0 heterocycles. The van der Waals surface area contributed by atoms with E-state index in [1.807, 2.05) is 0 Å². The number of halogens is 14. The molecule has 0 unspecified atom stereocenters. The lowest BCUT2D eigenvalue weighted by Gasteiger charge is -2.33. The maximum Gasteiger partial charge on any atom is 0.460 e. The van der Waals surface area contributed by atoms with Crippen LogP contribution in [0.1, 0.15) is 0 Å². The van der Waals surface area contributed by atoms with Crippen LogP contribution in [-0.4, -0.2) is 62.0 Å². The van der Waals surface area contributed by atoms with Crippen molar-refractivity contribution < 1.29 is 71.1 Å². The fourth-order valence-corrected chi connectivity index (χ4v) is 2.30. The SMILES string of the molecule is CN(C(=O)C(F)(F)C(F)(F)C(F)(F)F)c1ccccc1N(C)C(=O)C(F)(F)C(F)(F)C(F)(F)F. The number of para-hydroxylation sites is 2. The van der Waals surface area contributed by atoms with Gasteiger partial charge in [-0.25, -0.2) is 0 Å². The van der Waals surface area contributed by atoms with Gasteiger partial charge in [-0.1, -0.05) is 12.1 Å². The molecule has 1 rings (SSSR count). The lowest BCUT2D eigenvalue weighted by Crippen LogP contribution is -2.60. The number of anilines is 2. The van der Waals surface area contributed by atoms with Gasteiger partial charge < -0.3 is 9.80 Å². The number of hydrogen-bond donors (Lipinski definition) is 0. The summed E-state index contributed by atoms with van der Waals surface area (Å²) in [7, 11) is 0.255. The van der Waals surface area contributed by atoms with Crippen LogP contribution in [-0.2, 0) is 9.59 Å². The van der Waals surface area contributed by atoms with Crippen molar-refractivity contribution in [2.75, 3.05) is 23.9 Å². The van der Waals surface area contributed by atoms with Gasteiger partial charge in [-0.05, 0) is 12.1 Å². The molecule has 1 aromatic carbocycles. The highest BCUT2D eigenvalue weighted by Crippen LogP contribution is 2.49. The average Bonchev–Trinajstić information content (AvgIpc) is 2.69. The van der Waals surface area contributed by atoms with E-state index in [1.54, 1.807) is 0 Å². The Bertz CT molecular complexity index is 863. The van der Waals surface area contributed by atoms with Crippen molar-refractivity contribution in [2.45, 2.75) is 36.0 Å². The number of amides is 2. The summed E-state index contributed by atoms with van der Waals surface area (Å²) in [5, 5.41) is 0. The molecule has 2 amide bonds. The number of hydrogen-bond acceptors (Lipinski definition) is 2.